The van der Waals surface area contributed by atoms with E-state index in [0.717, 1.165) is 19.3 Å². The average molecular weight is 567 g/mol. The second-order valence-electron chi connectivity index (χ2n) is 11.5. The van der Waals surface area contributed by atoms with Gasteiger partial charge in [-0.15, -0.1) is 0 Å². The van der Waals surface area contributed by atoms with E-state index in [1.165, 1.54) is 0 Å². The summed E-state index contributed by atoms with van der Waals surface area (Å²) in [6.45, 7) is 5.92. The molecule has 1 aromatic rings. The number of fused-ring (bicyclic) bond motifs is 2. The Kier molecular flexibility index (Phi) is 7.26. The lowest BCUT2D eigenvalue weighted by molar-refractivity contribution is -0.571. The molecule has 0 radical (unpaired) electrons. The highest BCUT2D eigenvalue weighted by atomic mass is 19.4. The van der Waals surface area contributed by atoms with E-state index in [1.54, 1.807) is 0 Å². The lowest BCUT2D eigenvalue weighted by Gasteiger charge is -2.60. The molecule has 4 aliphatic heterocycles. The Morgan fingerprint density at radius 3 is 2.28 bits per heavy atom. The smallest absolute Gasteiger partial charge is 0.416 e. The number of hydrogen-bond acceptors (Lipinski definition) is 6. The summed E-state index contributed by atoms with van der Waals surface area (Å²) < 4.78 is 96.5. The van der Waals surface area contributed by atoms with E-state index in [9.17, 15) is 31.1 Å². The summed E-state index contributed by atoms with van der Waals surface area (Å²) in [5.41, 5.74) is -4.66. The summed E-state index contributed by atoms with van der Waals surface area (Å²) in [5.74, 6) is -1.38. The van der Waals surface area contributed by atoms with Crippen LogP contribution < -0.4 is 0 Å². The maximum absolute atomic E-state index is 13.1. The number of esters is 1. The molecule has 0 amide bonds. The first-order chi connectivity index (χ1) is 18.1. The van der Waals surface area contributed by atoms with Gasteiger partial charge in [-0.2, -0.15) is 26.3 Å². The molecule has 12 heteroatoms. The molecule has 4 saturated heterocycles. The average Bonchev–Trinajstić information content (AvgIpc) is 3.09. The van der Waals surface area contributed by atoms with Crippen molar-refractivity contribution in [3.05, 3.63) is 34.9 Å². The van der Waals surface area contributed by atoms with Crippen LogP contribution in [0.4, 0.5) is 26.3 Å². The van der Waals surface area contributed by atoms with Crippen LogP contribution in [0.1, 0.15) is 80.8 Å². The number of carbonyl (C=O) groups excluding carboxylic acids is 1. The summed E-state index contributed by atoms with van der Waals surface area (Å²) >= 11 is 0. The van der Waals surface area contributed by atoms with E-state index < -0.39 is 52.7 Å². The van der Waals surface area contributed by atoms with Crippen LogP contribution in [0.2, 0.25) is 0 Å². The number of alkyl halides is 6. The zero-order chi connectivity index (χ0) is 28.4. The summed E-state index contributed by atoms with van der Waals surface area (Å²) in [6, 6.07) is 0.704. The molecule has 1 saturated carbocycles. The first-order valence-electron chi connectivity index (χ1n) is 13.3. The molecular weight excluding hydrogens is 534 g/mol. The minimum absolute atomic E-state index is 0.0284. The second kappa shape index (κ2) is 9.88. The predicted molar refractivity (Wildman–Crippen MR) is 123 cm³/mol. The number of halogens is 6. The molecule has 1 aliphatic carbocycles. The van der Waals surface area contributed by atoms with Gasteiger partial charge in [0.1, 0.15) is 0 Å². The van der Waals surface area contributed by atoms with E-state index >= 15 is 0 Å². The van der Waals surface area contributed by atoms with Crippen LogP contribution in [-0.2, 0) is 36.3 Å². The monoisotopic (exact) mass is 566 g/mol. The van der Waals surface area contributed by atoms with Crippen molar-refractivity contribution < 1.29 is 55.1 Å². The normalized spacial score (nSPS) is 38.2. The highest BCUT2D eigenvalue weighted by molar-refractivity contribution is 5.90. The molecule has 5 aliphatic rings. The van der Waals surface area contributed by atoms with E-state index in [4.69, 9.17) is 24.0 Å². The SMILES string of the molecule is C[C@H]1[C@@H](CCCOC(=O)c2cc(C(F)(F)F)cc(C(F)(F)F)c2)OC2O[C@]3(C)CC[C@H]4[C@H](C)CC[C@@H]1[C@@]24OO3. The van der Waals surface area contributed by atoms with Gasteiger partial charge in [-0.05, 0) is 75.0 Å². The van der Waals surface area contributed by atoms with Crippen molar-refractivity contribution in [1.29, 1.82) is 0 Å². The van der Waals surface area contributed by atoms with Crippen molar-refractivity contribution in [3.8, 4) is 0 Å². The van der Waals surface area contributed by atoms with Crippen LogP contribution in [0.15, 0.2) is 18.2 Å². The number of hydrogen-bond donors (Lipinski definition) is 0. The second-order valence-corrected chi connectivity index (χ2v) is 11.5. The molecule has 5 fully saturated rings. The Hall–Kier alpha value is -1.89. The van der Waals surface area contributed by atoms with Crippen molar-refractivity contribution >= 4 is 5.97 Å². The van der Waals surface area contributed by atoms with Gasteiger partial charge < -0.3 is 14.2 Å². The minimum atomic E-state index is -5.05. The van der Waals surface area contributed by atoms with Crippen LogP contribution in [0, 0.1) is 23.7 Å². The third-order valence-electron chi connectivity index (χ3n) is 8.98. The molecule has 0 N–H and O–H groups in total. The molecule has 39 heavy (non-hydrogen) atoms. The van der Waals surface area contributed by atoms with Crippen molar-refractivity contribution in [2.24, 2.45) is 23.7 Å². The molecule has 1 unspecified atom stereocenters. The van der Waals surface area contributed by atoms with Crippen LogP contribution >= 0.6 is 0 Å². The Morgan fingerprint density at radius 1 is 0.974 bits per heavy atom. The molecule has 218 valence electrons. The van der Waals surface area contributed by atoms with Crippen molar-refractivity contribution in [2.75, 3.05) is 6.61 Å². The van der Waals surface area contributed by atoms with Gasteiger partial charge in [-0.3, -0.25) is 0 Å². The van der Waals surface area contributed by atoms with Gasteiger partial charge in [-0.1, -0.05) is 13.8 Å². The highest BCUT2D eigenvalue weighted by Crippen LogP contribution is 2.60. The summed E-state index contributed by atoms with van der Waals surface area (Å²) in [7, 11) is 0. The standard InChI is InChI=1S/C27H32F6O6/c1-14-6-7-20-15(2)21(36-23-25(20)19(14)8-9-24(3,37-23)38-39-25)5-4-10-35-22(34)16-11-17(26(28,29)30)13-18(12-16)27(31,32)33/h11-15,19-21,23H,4-10H2,1-3H3/t14-,15-,19+,20+,21-,23?,24+,25-/m1/s1. The zero-order valence-corrected chi connectivity index (χ0v) is 21.9. The number of benzene rings is 1. The lowest BCUT2D eigenvalue weighted by Crippen LogP contribution is -2.70. The molecule has 6 rings (SSSR count). The van der Waals surface area contributed by atoms with E-state index in [2.05, 4.69) is 13.8 Å². The molecule has 8 atom stereocenters. The Bertz CT molecular complexity index is 1060. The Morgan fingerprint density at radius 2 is 1.64 bits per heavy atom. The molecule has 1 spiro atoms. The predicted octanol–water partition coefficient (Wildman–Crippen LogP) is 6.91. The van der Waals surface area contributed by atoms with Gasteiger partial charge in [0.2, 0.25) is 5.79 Å². The third kappa shape index (κ3) is 5.17. The van der Waals surface area contributed by atoms with E-state index in [1.807, 2.05) is 6.92 Å². The Balaban J connectivity index is 1.24. The Labute approximate surface area is 222 Å². The van der Waals surface area contributed by atoms with Crippen LogP contribution in [0.3, 0.4) is 0 Å². The maximum atomic E-state index is 13.1. The quantitative estimate of drug-likeness (QED) is 0.167. The number of carbonyl (C=O) groups is 1. The van der Waals surface area contributed by atoms with Gasteiger partial charge in [-0.25, -0.2) is 14.6 Å². The van der Waals surface area contributed by atoms with Crippen molar-refractivity contribution in [2.45, 2.75) is 95.4 Å². The fourth-order valence-electron chi connectivity index (χ4n) is 6.91. The number of rotatable bonds is 5. The lowest BCUT2D eigenvalue weighted by atomic mass is 9.57. The van der Waals surface area contributed by atoms with Crippen LogP contribution in [0.25, 0.3) is 0 Å². The first kappa shape index (κ1) is 28.6. The van der Waals surface area contributed by atoms with Crippen LogP contribution in [-0.4, -0.2) is 36.4 Å². The van der Waals surface area contributed by atoms with E-state index in [0.29, 0.717) is 37.3 Å². The molecule has 2 bridgehead atoms. The summed E-state index contributed by atoms with van der Waals surface area (Å²) in [4.78, 5) is 24.3. The summed E-state index contributed by atoms with van der Waals surface area (Å²) in [6.07, 6.45) is -6.74. The topological polar surface area (TPSA) is 63.2 Å². The van der Waals surface area contributed by atoms with Crippen LogP contribution in [0.5, 0.6) is 0 Å². The maximum Gasteiger partial charge on any atom is 0.416 e. The molecule has 0 aromatic heterocycles. The highest BCUT2D eigenvalue weighted by Gasteiger charge is 2.69. The van der Waals surface area contributed by atoms with Gasteiger partial charge in [0.15, 0.2) is 11.9 Å². The van der Waals surface area contributed by atoms with Crippen molar-refractivity contribution in [1.82, 2.24) is 0 Å². The third-order valence-corrected chi connectivity index (χ3v) is 8.98. The summed E-state index contributed by atoms with van der Waals surface area (Å²) in [5, 5.41) is 0. The molecular formula is C27H32F6O6. The van der Waals surface area contributed by atoms with E-state index in [-0.39, 0.29) is 36.5 Å². The van der Waals surface area contributed by atoms with Gasteiger partial charge >= 0.3 is 18.3 Å². The van der Waals surface area contributed by atoms with Gasteiger partial charge in [0.25, 0.3) is 0 Å². The fourth-order valence-corrected chi connectivity index (χ4v) is 6.91. The molecule has 4 heterocycles. The largest absolute Gasteiger partial charge is 0.462 e. The van der Waals surface area contributed by atoms with Crippen molar-refractivity contribution in [3.63, 3.8) is 0 Å². The first-order valence-corrected chi connectivity index (χ1v) is 13.3. The number of ether oxygens (including phenoxy) is 3. The fraction of sp³-hybridized carbons (Fsp3) is 0.741. The van der Waals surface area contributed by atoms with Gasteiger partial charge in [0, 0.05) is 12.3 Å². The molecule has 6 nitrogen and oxygen atoms in total. The van der Waals surface area contributed by atoms with Gasteiger partial charge in [0.05, 0.1) is 29.4 Å². The zero-order valence-electron chi connectivity index (χ0n) is 21.9. The molecule has 1 aromatic carbocycles. The minimum Gasteiger partial charge on any atom is -0.462 e.